The zero-order valence-corrected chi connectivity index (χ0v) is 15.2. The first-order chi connectivity index (χ1) is 11.3. The van der Waals surface area contributed by atoms with Gasteiger partial charge in [-0.1, -0.05) is 0 Å². The SMILES string of the molecule is CC(C)N(C)S(=O)(=O)c1ccc(C(=O)N2C[C@H]3CNC[C@H]3C2)cc1. The van der Waals surface area contributed by atoms with Crippen molar-refractivity contribution in [3.63, 3.8) is 0 Å². The van der Waals surface area contributed by atoms with E-state index >= 15 is 0 Å². The van der Waals surface area contributed by atoms with Crippen molar-refractivity contribution in [1.29, 1.82) is 0 Å². The van der Waals surface area contributed by atoms with Gasteiger partial charge in [-0.3, -0.25) is 4.79 Å². The molecule has 6 nitrogen and oxygen atoms in total. The maximum Gasteiger partial charge on any atom is 0.253 e. The summed E-state index contributed by atoms with van der Waals surface area (Å²) in [5.41, 5.74) is 0.550. The van der Waals surface area contributed by atoms with Gasteiger partial charge in [-0.15, -0.1) is 0 Å². The standard InChI is InChI=1S/C17H25N3O3S/c1-12(2)19(3)24(22,23)16-6-4-13(5-7-16)17(21)20-10-14-8-18-9-15(14)11-20/h4-7,12,14-15,18H,8-11H2,1-3H3/t14-,15+. The van der Waals surface area contributed by atoms with Crippen molar-refractivity contribution < 1.29 is 13.2 Å². The molecule has 0 aliphatic carbocycles. The third-order valence-corrected chi connectivity index (χ3v) is 7.23. The monoisotopic (exact) mass is 351 g/mol. The number of carbonyl (C=O) groups excluding carboxylic acids is 1. The van der Waals surface area contributed by atoms with Gasteiger partial charge in [0.15, 0.2) is 0 Å². The summed E-state index contributed by atoms with van der Waals surface area (Å²) in [5.74, 6) is 1.09. The highest BCUT2D eigenvalue weighted by Gasteiger charge is 2.38. The van der Waals surface area contributed by atoms with Gasteiger partial charge in [0, 0.05) is 44.8 Å². The van der Waals surface area contributed by atoms with Gasteiger partial charge in [0.05, 0.1) is 4.90 Å². The summed E-state index contributed by atoms with van der Waals surface area (Å²) in [4.78, 5) is 14.7. The summed E-state index contributed by atoms with van der Waals surface area (Å²) < 4.78 is 26.3. The molecule has 1 N–H and O–H groups in total. The molecule has 2 saturated heterocycles. The molecule has 1 aromatic carbocycles. The molecule has 132 valence electrons. The third kappa shape index (κ3) is 3.08. The van der Waals surface area contributed by atoms with Gasteiger partial charge in [0.2, 0.25) is 10.0 Å². The Morgan fingerprint density at radius 3 is 2.21 bits per heavy atom. The van der Waals surface area contributed by atoms with Crippen LogP contribution in [0.1, 0.15) is 24.2 Å². The van der Waals surface area contributed by atoms with Gasteiger partial charge >= 0.3 is 0 Å². The van der Waals surface area contributed by atoms with E-state index in [9.17, 15) is 13.2 Å². The van der Waals surface area contributed by atoms with Crippen LogP contribution < -0.4 is 5.32 Å². The Kier molecular flexibility index (Phi) is 4.68. The molecular formula is C17H25N3O3S. The zero-order valence-electron chi connectivity index (χ0n) is 14.4. The lowest BCUT2D eigenvalue weighted by molar-refractivity contribution is 0.0781. The molecule has 2 aliphatic heterocycles. The number of carbonyl (C=O) groups is 1. The van der Waals surface area contributed by atoms with E-state index in [0.29, 0.717) is 17.4 Å². The van der Waals surface area contributed by atoms with Gasteiger partial charge in [-0.05, 0) is 49.9 Å². The van der Waals surface area contributed by atoms with E-state index in [1.165, 1.54) is 16.4 Å². The molecule has 0 spiro atoms. The van der Waals surface area contributed by atoms with Crippen LogP contribution >= 0.6 is 0 Å². The van der Waals surface area contributed by atoms with Crippen molar-refractivity contribution in [3.05, 3.63) is 29.8 Å². The zero-order chi connectivity index (χ0) is 17.5. The van der Waals surface area contributed by atoms with E-state index in [1.807, 2.05) is 18.7 Å². The molecule has 1 aromatic rings. The van der Waals surface area contributed by atoms with Crippen molar-refractivity contribution in [3.8, 4) is 0 Å². The minimum atomic E-state index is -3.51. The molecule has 24 heavy (non-hydrogen) atoms. The van der Waals surface area contributed by atoms with E-state index in [4.69, 9.17) is 0 Å². The summed E-state index contributed by atoms with van der Waals surface area (Å²) in [6.07, 6.45) is 0. The number of benzene rings is 1. The number of sulfonamides is 1. The molecule has 7 heteroatoms. The van der Waals surface area contributed by atoms with Crippen LogP contribution in [-0.4, -0.2) is 62.8 Å². The van der Waals surface area contributed by atoms with E-state index in [1.54, 1.807) is 19.2 Å². The van der Waals surface area contributed by atoms with Crippen molar-refractivity contribution in [2.75, 3.05) is 33.2 Å². The summed E-state index contributed by atoms with van der Waals surface area (Å²) >= 11 is 0. The van der Waals surface area contributed by atoms with Crippen LogP contribution in [0.4, 0.5) is 0 Å². The Balaban J connectivity index is 1.74. The molecule has 1 amide bonds. The number of hydrogen-bond acceptors (Lipinski definition) is 4. The Labute approximate surface area is 143 Å². The predicted octanol–water partition coefficient (Wildman–Crippen LogP) is 1.01. The van der Waals surface area contributed by atoms with Crippen molar-refractivity contribution in [1.82, 2.24) is 14.5 Å². The second-order valence-electron chi connectivity index (χ2n) is 7.03. The molecule has 0 unspecified atom stereocenters. The first-order valence-corrected chi connectivity index (χ1v) is 9.83. The number of likely N-dealkylation sites (tertiary alicyclic amines) is 1. The van der Waals surface area contributed by atoms with E-state index < -0.39 is 10.0 Å². The average Bonchev–Trinajstić information content (AvgIpc) is 3.15. The van der Waals surface area contributed by atoms with Crippen LogP contribution in [0.15, 0.2) is 29.2 Å². The Morgan fingerprint density at radius 1 is 1.17 bits per heavy atom. The predicted molar refractivity (Wildman–Crippen MR) is 92.3 cm³/mol. The van der Waals surface area contributed by atoms with Crippen molar-refractivity contribution in [2.45, 2.75) is 24.8 Å². The van der Waals surface area contributed by atoms with Crippen LogP contribution in [0.3, 0.4) is 0 Å². The lowest BCUT2D eigenvalue weighted by Crippen LogP contribution is -2.33. The third-order valence-electron chi connectivity index (χ3n) is 5.18. The normalized spacial score (nSPS) is 24.0. The average molecular weight is 351 g/mol. The molecule has 0 radical (unpaired) electrons. The number of hydrogen-bond donors (Lipinski definition) is 1. The topological polar surface area (TPSA) is 69.7 Å². The van der Waals surface area contributed by atoms with Crippen LogP contribution in [0.2, 0.25) is 0 Å². The summed E-state index contributed by atoms with van der Waals surface area (Å²) in [6.45, 7) is 7.18. The van der Waals surface area contributed by atoms with Crippen molar-refractivity contribution >= 4 is 15.9 Å². The summed E-state index contributed by atoms with van der Waals surface area (Å²) in [5, 5.41) is 3.36. The minimum absolute atomic E-state index is 0.00874. The second kappa shape index (κ2) is 6.46. The maximum absolute atomic E-state index is 12.6. The van der Waals surface area contributed by atoms with E-state index in [0.717, 1.165) is 26.2 Å². The molecule has 2 aliphatic rings. The highest BCUT2D eigenvalue weighted by molar-refractivity contribution is 7.89. The molecule has 0 bridgehead atoms. The first kappa shape index (κ1) is 17.4. The molecule has 0 aromatic heterocycles. The second-order valence-corrected chi connectivity index (χ2v) is 9.03. The van der Waals surface area contributed by atoms with E-state index in [-0.39, 0.29) is 16.8 Å². The molecule has 3 rings (SSSR count). The quantitative estimate of drug-likeness (QED) is 0.879. The fourth-order valence-electron chi connectivity index (χ4n) is 3.42. The van der Waals surface area contributed by atoms with Gasteiger partial charge in [0.1, 0.15) is 0 Å². The summed E-state index contributed by atoms with van der Waals surface area (Å²) in [6, 6.07) is 6.18. The lowest BCUT2D eigenvalue weighted by Gasteiger charge is -2.21. The Hall–Kier alpha value is -1.44. The highest BCUT2D eigenvalue weighted by Crippen LogP contribution is 2.27. The fourth-order valence-corrected chi connectivity index (χ4v) is 4.78. The molecule has 2 fully saturated rings. The van der Waals surface area contributed by atoms with Crippen LogP contribution in [-0.2, 0) is 10.0 Å². The fraction of sp³-hybridized carbons (Fsp3) is 0.588. The molecule has 2 heterocycles. The van der Waals surface area contributed by atoms with Crippen LogP contribution in [0.5, 0.6) is 0 Å². The Bertz CT molecular complexity index is 703. The number of nitrogens with zero attached hydrogens (tertiary/aromatic N) is 2. The largest absolute Gasteiger partial charge is 0.338 e. The van der Waals surface area contributed by atoms with Crippen LogP contribution in [0, 0.1) is 11.8 Å². The maximum atomic E-state index is 12.6. The van der Waals surface area contributed by atoms with Crippen molar-refractivity contribution in [2.24, 2.45) is 11.8 Å². The number of fused-ring (bicyclic) bond motifs is 1. The van der Waals surface area contributed by atoms with E-state index in [2.05, 4.69) is 5.32 Å². The lowest BCUT2D eigenvalue weighted by atomic mass is 10.0. The number of amides is 1. The van der Waals surface area contributed by atoms with Gasteiger partial charge in [-0.2, -0.15) is 4.31 Å². The highest BCUT2D eigenvalue weighted by atomic mass is 32.2. The Morgan fingerprint density at radius 2 is 1.71 bits per heavy atom. The van der Waals surface area contributed by atoms with Crippen LogP contribution in [0.25, 0.3) is 0 Å². The van der Waals surface area contributed by atoms with Gasteiger partial charge in [-0.25, -0.2) is 8.42 Å². The van der Waals surface area contributed by atoms with Gasteiger partial charge < -0.3 is 10.2 Å². The number of nitrogens with one attached hydrogen (secondary N) is 1. The first-order valence-electron chi connectivity index (χ1n) is 8.39. The smallest absolute Gasteiger partial charge is 0.253 e. The molecule has 0 saturated carbocycles. The van der Waals surface area contributed by atoms with Gasteiger partial charge in [0.25, 0.3) is 5.91 Å². The number of rotatable bonds is 4. The molecular weight excluding hydrogens is 326 g/mol. The minimum Gasteiger partial charge on any atom is -0.338 e. The molecule has 2 atom stereocenters. The summed E-state index contributed by atoms with van der Waals surface area (Å²) in [7, 11) is -1.95.